The summed E-state index contributed by atoms with van der Waals surface area (Å²) in [4.78, 5) is 27.4. The van der Waals surface area contributed by atoms with Crippen molar-refractivity contribution in [3.8, 4) is 5.75 Å². The summed E-state index contributed by atoms with van der Waals surface area (Å²) in [7, 11) is -4.77. The van der Waals surface area contributed by atoms with E-state index in [9.17, 15) is 32.9 Å². The lowest BCUT2D eigenvalue weighted by Gasteiger charge is -2.23. The maximum absolute atomic E-state index is 13.2. The van der Waals surface area contributed by atoms with Gasteiger partial charge in [-0.2, -0.15) is 8.91 Å². The normalized spacial score (nSPS) is 16.2. The van der Waals surface area contributed by atoms with Crippen LogP contribution in [0.25, 0.3) is 17.0 Å². The van der Waals surface area contributed by atoms with Crippen molar-refractivity contribution in [3.05, 3.63) is 64.0 Å². The highest BCUT2D eigenvalue weighted by Gasteiger charge is 2.47. The second kappa shape index (κ2) is 16.1. The molecule has 0 spiro atoms. The minimum Gasteiger partial charge on any atom is -0.744 e. The highest BCUT2D eigenvalue weighted by molar-refractivity contribution is 7.94. The van der Waals surface area contributed by atoms with Gasteiger partial charge in [-0.25, -0.2) is 13.2 Å². The van der Waals surface area contributed by atoms with Crippen LogP contribution in [-0.4, -0.2) is 59.8 Å². The number of allylic oxidation sites excluding steroid dienone is 1. The van der Waals surface area contributed by atoms with Crippen LogP contribution in [0.5, 0.6) is 5.75 Å². The lowest BCUT2D eigenvalue weighted by Crippen LogP contribution is -2.32. The maximum Gasteiger partial charge on any atom is 0.347 e. The summed E-state index contributed by atoms with van der Waals surface area (Å²) in [6.07, 6.45) is 5.65. The molecule has 260 valence electrons. The zero-order valence-electron chi connectivity index (χ0n) is 27.3. The zero-order chi connectivity index (χ0) is 35.1. The van der Waals surface area contributed by atoms with Gasteiger partial charge in [-0.15, -0.1) is 0 Å². The number of hydrogen-bond donors (Lipinski definition) is 2. The van der Waals surface area contributed by atoms with E-state index < -0.39 is 21.2 Å². The summed E-state index contributed by atoms with van der Waals surface area (Å²) in [6, 6.07) is 9.56. The summed E-state index contributed by atoms with van der Waals surface area (Å²) >= 11 is 0.625. The SMILES string of the molecule is CCCC[N+]1=C(/C=C/c2c(O)c3ccc(N(CC)CC)cc3oc2=O)C(C)(CCCC(=O)NCSOO[O-])c2cc(S(=O)(=O)[O-])ccc21. The average Bonchev–Trinajstić information content (AvgIpc) is 3.28. The van der Waals surface area contributed by atoms with E-state index in [4.69, 9.17) is 4.42 Å². The summed E-state index contributed by atoms with van der Waals surface area (Å²) in [6.45, 7) is 10.0. The molecule has 0 saturated carbocycles. The van der Waals surface area contributed by atoms with E-state index in [0.29, 0.717) is 53.8 Å². The lowest BCUT2D eigenvalue weighted by atomic mass is 9.75. The molecular weight excluding hydrogens is 663 g/mol. The minimum absolute atomic E-state index is 0.00852. The van der Waals surface area contributed by atoms with Crippen LogP contribution in [0.4, 0.5) is 11.4 Å². The minimum atomic E-state index is -4.77. The highest BCUT2D eigenvalue weighted by Crippen LogP contribution is 2.45. The summed E-state index contributed by atoms with van der Waals surface area (Å²) in [5.74, 6) is -0.551. The van der Waals surface area contributed by atoms with Crippen LogP contribution in [0.3, 0.4) is 0 Å². The second-order valence-electron chi connectivity index (χ2n) is 11.5. The summed E-state index contributed by atoms with van der Waals surface area (Å²) in [5.41, 5.74) is 1.41. The summed E-state index contributed by atoms with van der Waals surface area (Å²) in [5, 5.41) is 27.5. The highest BCUT2D eigenvalue weighted by atomic mass is 32.2. The van der Waals surface area contributed by atoms with Crippen molar-refractivity contribution in [1.82, 2.24) is 5.32 Å². The van der Waals surface area contributed by atoms with Crippen molar-refractivity contribution in [2.24, 2.45) is 0 Å². The lowest BCUT2D eigenvalue weighted by molar-refractivity contribution is -0.777. The van der Waals surface area contributed by atoms with Crippen molar-refractivity contribution >= 4 is 62.2 Å². The van der Waals surface area contributed by atoms with E-state index in [-0.39, 0.29) is 40.0 Å². The van der Waals surface area contributed by atoms with E-state index in [1.54, 1.807) is 24.3 Å². The molecule has 1 aliphatic heterocycles. The predicted octanol–water partition coefficient (Wildman–Crippen LogP) is 4.23. The Bertz CT molecular complexity index is 1870. The number of nitrogens with one attached hydrogen (secondary N) is 1. The van der Waals surface area contributed by atoms with Crippen molar-refractivity contribution in [2.45, 2.75) is 70.1 Å². The van der Waals surface area contributed by atoms with Crippen molar-refractivity contribution < 1.29 is 46.5 Å². The molecule has 0 fully saturated rings. The van der Waals surface area contributed by atoms with Crippen LogP contribution >= 0.6 is 12.0 Å². The first-order valence-corrected chi connectivity index (χ1v) is 18.0. The van der Waals surface area contributed by atoms with Crippen LogP contribution in [0, 0.1) is 0 Å². The van der Waals surface area contributed by atoms with E-state index in [2.05, 4.69) is 19.6 Å². The molecule has 2 heterocycles. The molecule has 2 aromatic carbocycles. The Balaban J connectivity index is 1.78. The molecule has 0 radical (unpaired) electrons. The third kappa shape index (κ3) is 8.10. The Morgan fingerprint density at radius 2 is 1.90 bits per heavy atom. The molecule has 1 unspecified atom stereocenters. The van der Waals surface area contributed by atoms with Gasteiger partial charge in [0.15, 0.2) is 5.71 Å². The molecule has 3 aromatic rings. The van der Waals surface area contributed by atoms with Crippen molar-refractivity contribution in [2.75, 3.05) is 30.4 Å². The van der Waals surface area contributed by atoms with Crippen molar-refractivity contribution in [1.29, 1.82) is 0 Å². The van der Waals surface area contributed by atoms with Crippen molar-refractivity contribution in [3.63, 3.8) is 0 Å². The first-order chi connectivity index (χ1) is 22.9. The van der Waals surface area contributed by atoms with Gasteiger partial charge >= 0.3 is 5.63 Å². The third-order valence-electron chi connectivity index (χ3n) is 8.65. The van der Waals surface area contributed by atoms with E-state index >= 15 is 0 Å². The maximum atomic E-state index is 13.2. The Hall–Kier alpha value is -3.73. The molecule has 2 N–H and O–H groups in total. The molecular formula is C33H40N3O10S2-. The van der Waals surface area contributed by atoms with Crippen LogP contribution in [0.1, 0.15) is 70.9 Å². The summed E-state index contributed by atoms with van der Waals surface area (Å²) < 4.78 is 48.0. The van der Waals surface area contributed by atoms with Gasteiger partial charge in [0.2, 0.25) is 11.6 Å². The molecule has 0 bridgehead atoms. The fraction of sp³-hybridized carbons (Fsp3) is 0.424. The monoisotopic (exact) mass is 702 g/mol. The number of unbranched alkanes of at least 4 members (excludes halogenated alkanes) is 1. The van der Waals surface area contributed by atoms with Gasteiger partial charge in [0, 0.05) is 55.4 Å². The van der Waals surface area contributed by atoms with Gasteiger partial charge in [0.1, 0.15) is 33.6 Å². The number of benzene rings is 2. The number of rotatable bonds is 17. The number of aromatic hydroxyl groups is 1. The van der Waals surface area contributed by atoms with Gasteiger partial charge in [-0.3, -0.25) is 9.83 Å². The largest absolute Gasteiger partial charge is 0.744 e. The molecule has 0 aliphatic carbocycles. The Labute approximate surface area is 283 Å². The fourth-order valence-electron chi connectivity index (χ4n) is 6.13. The molecule has 15 heteroatoms. The van der Waals surface area contributed by atoms with E-state index in [0.717, 1.165) is 31.6 Å². The molecule has 1 aromatic heterocycles. The fourth-order valence-corrected chi connectivity index (χ4v) is 6.94. The number of nitrogens with zero attached hydrogens (tertiary/aromatic N) is 2. The third-order valence-corrected chi connectivity index (χ3v) is 9.90. The molecule has 1 amide bonds. The Morgan fingerprint density at radius 3 is 2.56 bits per heavy atom. The predicted molar refractivity (Wildman–Crippen MR) is 180 cm³/mol. The van der Waals surface area contributed by atoms with Crippen LogP contribution in [-0.2, 0) is 29.7 Å². The van der Waals surface area contributed by atoms with Gasteiger partial charge in [0.25, 0.3) is 0 Å². The zero-order valence-corrected chi connectivity index (χ0v) is 28.9. The molecule has 1 aliphatic rings. The number of anilines is 1. The molecule has 48 heavy (non-hydrogen) atoms. The molecule has 0 saturated heterocycles. The number of amides is 1. The Kier molecular flexibility index (Phi) is 12.5. The molecule has 13 nitrogen and oxygen atoms in total. The van der Waals surface area contributed by atoms with Gasteiger partial charge in [0.05, 0.1) is 33.6 Å². The van der Waals surface area contributed by atoms with Gasteiger partial charge in [-0.1, -0.05) is 13.3 Å². The van der Waals surface area contributed by atoms with Gasteiger partial charge < -0.3 is 29.6 Å². The molecule has 1 atom stereocenters. The molecule has 4 rings (SSSR count). The Morgan fingerprint density at radius 1 is 1.15 bits per heavy atom. The number of fused-ring (bicyclic) bond motifs is 2. The topological polar surface area (TPSA) is 185 Å². The first-order valence-electron chi connectivity index (χ1n) is 15.7. The number of carbonyl (C=O) groups is 1. The van der Waals surface area contributed by atoms with Crippen LogP contribution in [0.2, 0.25) is 0 Å². The van der Waals surface area contributed by atoms with Crippen LogP contribution < -0.4 is 21.1 Å². The van der Waals surface area contributed by atoms with E-state index in [1.807, 2.05) is 38.3 Å². The number of carbonyl (C=O) groups excluding carboxylic acids is 1. The van der Waals surface area contributed by atoms with Gasteiger partial charge in [-0.05, 0) is 64.0 Å². The average molecular weight is 703 g/mol. The van der Waals surface area contributed by atoms with Crippen LogP contribution in [0.15, 0.2) is 56.6 Å². The smallest absolute Gasteiger partial charge is 0.347 e. The standard InChI is InChI=1S/C33H41N3O10S2/c1-5-8-18-36-27-15-12-23(48(41,42)43)20-26(27)33(4,17-9-10-30(37)34-21-47-46-45-40)29(36)16-14-25-31(38)24-13-11-22(35(6-2)7-3)19-28(24)44-32(25)39/h11-16,19-20H,5-10,17-18,21H2,1-4H3,(H3,34,37,40,41,42,43)/p-1. The second-order valence-corrected chi connectivity index (χ2v) is 13.6. The quantitative estimate of drug-likeness (QED) is 0.0299. The van der Waals surface area contributed by atoms with E-state index in [1.165, 1.54) is 18.2 Å². The first kappa shape index (κ1) is 37.1. The number of hydrogen-bond acceptors (Lipinski definition) is 12.